The Balaban J connectivity index is 2.19. The van der Waals surface area contributed by atoms with Gasteiger partial charge in [-0.2, -0.15) is 11.3 Å². The number of thiophene rings is 1. The molecule has 2 aromatic rings. The van der Waals surface area contributed by atoms with Gasteiger partial charge in [0.15, 0.2) is 0 Å². The lowest BCUT2D eigenvalue weighted by atomic mass is 9.78. The summed E-state index contributed by atoms with van der Waals surface area (Å²) in [4.78, 5) is 0. The van der Waals surface area contributed by atoms with Crippen molar-refractivity contribution < 1.29 is 14.1 Å². The molecule has 0 spiro atoms. The van der Waals surface area contributed by atoms with Crippen LogP contribution in [0.2, 0.25) is 0 Å². The van der Waals surface area contributed by atoms with E-state index in [1.165, 1.54) is 6.07 Å². The second-order valence-electron chi connectivity index (χ2n) is 4.16. The topological polar surface area (TPSA) is 29.5 Å². The van der Waals surface area contributed by atoms with E-state index in [0.717, 1.165) is 16.7 Å². The van der Waals surface area contributed by atoms with Crippen LogP contribution in [0.3, 0.4) is 0 Å². The fourth-order valence-electron chi connectivity index (χ4n) is 2.09. The molecule has 0 bridgehead atoms. The van der Waals surface area contributed by atoms with E-state index in [1.54, 1.807) is 17.4 Å². The molecule has 1 aliphatic heterocycles. The van der Waals surface area contributed by atoms with Crippen molar-refractivity contribution in [1.29, 1.82) is 0 Å². The van der Waals surface area contributed by atoms with Crippen LogP contribution in [0.15, 0.2) is 22.9 Å². The van der Waals surface area contributed by atoms with Crippen LogP contribution in [0.5, 0.6) is 0 Å². The van der Waals surface area contributed by atoms with Crippen molar-refractivity contribution in [2.24, 2.45) is 0 Å². The van der Waals surface area contributed by atoms with Gasteiger partial charge in [-0.05, 0) is 45.9 Å². The number of rotatable bonds is 1. The number of hydrogen-bond donors (Lipinski definition) is 1. The summed E-state index contributed by atoms with van der Waals surface area (Å²) < 4.78 is 19.1. The van der Waals surface area contributed by atoms with Crippen LogP contribution in [0.25, 0.3) is 11.1 Å². The molecule has 2 heterocycles. The molecular weight excluding hydrogens is 238 g/mol. The van der Waals surface area contributed by atoms with E-state index in [1.807, 2.05) is 17.7 Å². The molecule has 3 rings (SSSR count). The van der Waals surface area contributed by atoms with Crippen molar-refractivity contribution >= 4 is 23.9 Å². The van der Waals surface area contributed by atoms with Gasteiger partial charge in [0.25, 0.3) is 0 Å². The average molecular weight is 248 g/mol. The zero-order valence-corrected chi connectivity index (χ0v) is 10.1. The van der Waals surface area contributed by atoms with Gasteiger partial charge in [0.05, 0.1) is 6.61 Å². The van der Waals surface area contributed by atoms with E-state index in [0.29, 0.717) is 11.0 Å². The molecule has 1 aromatic heterocycles. The molecule has 1 aliphatic rings. The van der Waals surface area contributed by atoms with Crippen LogP contribution >= 0.6 is 11.3 Å². The van der Waals surface area contributed by atoms with Crippen LogP contribution in [-0.4, -0.2) is 12.1 Å². The van der Waals surface area contributed by atoms with E-state index >= 15 is 0 Å². The minimum Gasteiger partial charge on any atom is -0.423 e. The minimum absolute atomic E-state index is 0.261. The maximum Gasteiger partial charge on any atom is 0.491 e. The normalized spacial score (nSPS) is 14.2. The van der Waals surface area contributed by atoms with Crippen LogP contribution < -0.4 is 5.46 Å². The van der Waals surface area contributed by atoms with Gasteiger partial charge in [0, 0.05) is 5.56 Å². The van der Waals surface area contributed by atoms with Gasteiger partial charge in [0.1, 0.15) is 5.82 Å². The largest absolute Gasteiger partial charge is 0.491 e. The lowest BCUT2D eigenvalue weighted by Crippen LogP contribution is -2.28. The molecule has 1 N–H and O–H groups in total. The number of hydrogen-bond acceptors (Lipinski definition) is 3. The first-order valence-corrected chi connectivity index (χ1v) is 6.26. The summed E-state index contributed by atoms with van der Waals surface area (Å²) >= 11 is 1.54. The SMILES string of the molecule is Cc1cscc1-c1cc2c(cc1F)COB2O. The second-order valence-corrected chi connectivity index (χ2v) is 4.91. The molecule has 5 heteroatoms. The van der Waals surface area contributed by atoms with Gasteiger partial charge >= 0.3 is 7.12 Å². The Morgan fingerprint density at radius 3 is 2.88 bits per heavy atom. The Labute approximate surface area is 103 Å². The zero-order chi connectivity index (χ0) is 12.0. The van der Waals surface area contributed by atoms with Gasteiger partial charge < -0.3 is 9.68 Å². The number of fused-ring (bicyclic) bond motifs is 1. The van der Waals surface area contributed by atoms with Crippen molar-refractivity contribution in [2.45, 2.75) is 13.5 Å². The summed E-state index contributed by atoms with van der Waals surface area (Å²) in [6, 6.07) is 3.15. The molecule has 0 radical (unpaired) electrons. The lowest BCUT2D eigenvalue weighted by molar-refractivity contribution is 0.275. The third kappa shape index (κ3) is 1.71. The van der Waals surface area contributed by atoms with Crippen molar-refractivity contribution in [3.05, 3.63) is 39.8 Å². The molecule has 0 unspecified atom stereocenters. The minimum atomic E-state index is -0.928. The number of aryl methyl sites for hydroxylation is 1. The molecule has 0 aliphatic carbocycles. The van der Waals surface area contributed by atoms with E-state index in [9.17, 15) is 9.41 Å². The first-order valence-electron chi connectivity index (χ1n) is 5.32. The van der Waals surface area contributed by atoms with Crippen molar-refractivity contribution in [2.75, 3.05) is 0 Å². The fourth-order valence-corrected chi connectivity index (χ4v) is 2.94. The van der Waals surface area contributed by atoms with Gasteiger partial charge in [-0.15, -0.1) is 0 Å². The van der Waals surface area contributed by atoms with Gasteiger partial charge in [-0.3, -0.25) is 0 Å². The molecule has 0 atom stereocenters. The monoisotopic (exact) mass is 248 g/mol. The van der Waals surface area contributed by atoms with Gasteiger partial charge in [-0.25, -0.2) is 4.39 Å². The Morgan fingerprint density at radius 2 is 2.18 bits per heavy atom. The van der Waals surface area contributed by atoms with Gasteiger partial charge in [-0.1, -0.05) is 6.07 Å². The highest BCUT2D eigenvalue weighted by molar-refractivity contribution is 7.08. The summed E-state index contributed by atoms with van der Waals surface area (Å²) in [5, 5.41) is 13.5. The summed E-state index contributed by atoms with van der Waals surface area (Å²) in [7, 11) is -0.928. The molecule has 0 fully saturated rings. The quantitative estimate of drug-likeness (QED) is 0.783. The Morgan fingerprint density at radius 1 is 1.35 bits per heavy atom. The highest BCUT2D eigenvalue weighted by Crippen LogP contribution is 2.30. The Kier molecular flexibility index (Phi) is 2.54. The van der Waals surface area contributed by atoms with E-state index < -0.39 is 7.12 Å². The summed E-state index contributed by atoms with van der Waals surface area (Å²) in [5.74, 6) is -0.261. The third-order valence-electron chi connectivity index (χ3n) is 3.04. The lowest BCUT2D eigenvalue weighted by Gasteiger charge is -2.06. The Hall–Kier alpha value is -1.17. The molecule has 0 saturated carbocycles. The second kappa shape index (κ2) is 3.94. The van der Waals surface area contributed by atoms with Gasteiger partial charge in [0.2, 0.25) is 0 Å². The highest BCUT2D eigenvalue weighted by atomic mass is 32.1. The van der Waals surface area contributed by atoms with Crippen LogP contribution in [-0.2, 0) is 11.3 Å². The van der Waals surface area contributed by atoms with Crippen LogP contribution in [0.4, 0.5) is 4.39 Å². The predicted molar refractivity (Wildman–Crippen MR) is 66.8 cm³/mol. The van der Waals surface area contributed by atoms with E-state index in [-0.39, 0.29) is 12.4 Å². The summed E-state index contributed by atoms with van der Waals surface area (Å²) in [6.07, 6.45) is 0. The molecule has 17 heavy (non-hydrogen) atoms. The van der Waals surface area contributed by atoms with Crippen LogP contribution in [0.1, 0.15) is 11.1 Å². The zero-order valence-electron chi connectivity index (χ0n) is 9.24. The average Bonchev–Trinajstić information content (AvgIpc) is 2.85. The van der Waals surface area contributed by atoms with Crippen molar-refractivity contribution in [3.63, 3.8) is 0 Å². The molecule has 0 amide bonds. The molecule has 1 aromatic carbocycles. The predicted octanol–water partition coefficient (Wildman–Crippen LogP) is 2.08. The van der Waals surface area contributed by atoms with Crippen molar-refractivity contribution in [3.8, 4) is 11.1 Å². The molecule has 0 saturated heterocycles. The highest BCUT2D eigenvalue weighted by Gasteiger charge is 2.29. The fraction of sp³-hybridized carbons (Fsp3) is 0.167. The number of benzene rings is 1. The summed E-state index contributed by atoms with van der Waals surface area (Å²) in [5.41, 5.74) is 3.86. The smallest absolute Gasteiger partial charge is 0.423 e. The van der Waals surface area contributed by atoms with E-state index in [2.05, 4.69) is 0 Å². The van der Waals surface area contributed by atoms with Crippen molar-refractivity contribution in [1.82, 2.24) is 0 Å². The third-order valence-corrected chi connectivity index (χ3v) is 3.90. The molecular formula is C12H10BFO2S. The molecule has 2 nitrogen and oxygen atoms in total. The van der Waals surface area contributed by atoms with E-state index in [4.69, 9.17) is 4.65 Å². The number of halogens is 1. The maximum absolute atomic E-state index is 14.0. The summed E-state index contributed by atoms with van der Waals surface area (Å²) in [6.45, 7) is 2.22. The standard InChI is InChI=1S/C12H10BFO2S/c1-7-5-17-6-10(7)9-3-11-8(2-12(9)14)4-16-13(11)15/h2-3,5-6,15H,4H2,1H3. The Bertz CT molecular complexity index is 582. The first kappa shape index (κ1) is 11.0. The first-order chi connectivity index (χ1) is 8.16. The maximum atomic E-state index is 14.0. The van der Waals surface area contributed by atoms with Crippen LogP contribution in [0, 0.1) is 12.7 Å². The molecule has 86 valence electrons.